The smallest absolute Gasteiger partial charge is 0.146 e. The van der Waals surface area contributed by atoms with Gasteiger partial charge in [0.2, 0.25) is 0 Å². The van der Waals surface area contributed by atoms with Gasteiger partial charge in [-0.1, -0.05) is 64.6 Å². The van der Waals surface area contributed by atoms with Crippen LogP contribution in [0.25, 0.3) is 10.9 Å². The third kappa shape index (κ3) is 4.06. The standard InChI is InChI=1S/C22H13Cl4FN2O/c23-12-6-16(20(26)17(25)7-12)15(9-19-18(27)8-13(24)10-29-19)14-4-3-11-2-1-5-28-21(11)22(14)30/h1-8,10,15,30H,9H2. The van der Waals surface area contributed by atoms with Crippen molar-refractivity contribution in [3.63, 3.8) is 0 Å². The Morgan fingerprint density at radius 3 is 2.50 bits per heavy atom. The third-order valence-corrected chi connectivity index (χ3v) is 6.07. The van der Waals surface area contributed by atoms with Crippen molar-refractivity contribution >= 4 is 57.3 Å². The van der Waals surface area contributed by atoms with Gasteiger partial charge in [0.05, 0.1) is 20.8 Å². The van der Waals surface area contributed by atoms with Crippen molar-refractivity contribution in [2.45, 2.75) is 12.3 Å². The van der Waals surface area contributed by atoms with Gasteiger partial charge in [-0.3, -0.25) is 9.97 Å². The molecule has 4 rings (SSSR count). The number of phenolic OH excluding ortho intramolecular Hbond substituents is 1. The second kappa shape index (κ2) is 8.56. The van der Waals surface area contributed by atoms with E-state index in [1.54, 1.807) is 24.4 Å². The average molecular weight is 482 g/mol. The molecule has 2 aromatic carbocycles. The molecule has 30 heavy (non-hydrogen) atoms. The summed E-state index contributed by atoms with van der Waals surface area (Å²) in [4.78, 5) is 8.39. The zero-order chi connectivity index (χ0) is 21.4. The van der Waals surface area contributed by atoms with Crippen LogP contribution < -0.4 is 0 Å². The van der Waals surface area contributed by atoms with Gasteiger partial charge >= 0.3 is 0 Å². The Morgan fingerprint density at radius 1 is 0.933 bits per heavy atom. The van der Waals surface area contributed by atoms with Crippen LogP contribution in [-0.2, 0) is 6.42 Å². The van der Waals surface area contributed by atoms with Gasteiger partial charge in [0.25, 0.3) is 0 Å². The van der Waals surface area contributed by atoms with E-state index in [0.29, 0.717) is 21.7 Å². The average Bonchev–Trinajstić information content (AvgIpc) is 2.71. The number of aromatic nitrogens is 2. The molecule has 4 aromatic rings. The molecule has 152 valence electrons. The molecule has 2 heterocycles. The van der Waals surface area contributed by atoms with Crippen LogP contribution in [0.5, 0.6) is 5.75 Å². The predicted molar refractivity (Wildman–Crippen MR) is 120 cm³/mol. The number of fused-ring (bicyclic) bond motifs is 1. The van der Waals surface area contributed by atoms with Crippen molar-refractivity contribution in [3.05, 3.63) is 97.6 Å². The van der Waals surface area contributed by atoms with Crippen LogP contribution in [0.4, 0.5) is 4.39 Å². The lowest BCUT2D eigenvalue weighted by Crippen LogP contribution is -2.10. The summed E-state index contributed by atoms with van der Waals surface area (Å²) in [5.41, 5.74) is 1.62. The third-order valence-electron chi connectivity index (χ3n) is 4.83. The molecule has 1 N–H and O–H groups in total. The Bertz CT molecular complexity index is 1270. The van der Waals surface area contributed by atoms with Crippen LogP contribution in [0.3, 0.4) is 0 Å². The lowest BCUT2D eigenvalue weighted by Gasteiger charge is -2.22. The van der Waals surface area contributed by atoms with Crippen LogP contribution in [0.2, 0.25) is 20.1 Å². The maximum Gasteiger partial charge on any atom is 0.146 e. The van der Waals surface area contributed by atoms with Crippen LogP contribution >= 0.6 is 46.4 Å². The number of hydrogen-bond donors (Lipinski definition) is 1. The minimum atomic E-state index is -0.594. The predicted octanol–water partition coefficient (Wildman–Crippen LogP) is 7.46. The Morgan fingerprint density at radius 2 is 1.73 bits per heavy atom. The molecule has 0 saturated carbocycles. The SMILES string of the molecule is Oc1c(C(Cc2ncc(Cl)cc2F)c2cc(Cl)cc(Cl)c2Cl)ccc2cccnc12. The monoisotopic (exact) mass is 480 g/mol. The first-order valence-corrected chi connectivity index (χ1v) is 10.4. The molecule has 0 aliphatic rings. The van der Waals surface area contributed by atoms with E-state index < -0.39 is 11.7 Å². The minimum absolute atomic E-state index is 0.0281. The summed E-state index contributed by atoms with van der Waals surface area (Å²) >= 11 is 24.8. The molecule has 0 aliphatic carbocycles. The zero-order valence-corrected chi connectivity index (χ0v) is 18.2. The first-order chi connectivity index (χ1) is 14.3. The lowest BCUT2D eigenvalue weighted by molar-refractivity contribution is 0.468. The zero-order valence-electron chi connectivity index (χ0n) is 15.2. The Labute approximate surface area is 192 Å². The van der Waals surface area contributed by atoms with Gasteiger partial charge in [0.1, 0.15) is 17.1 Å². The Hall–Kier alpha value is -2.11. The fraction of sp³-hybridized carbons (Fsp3) is 0.0909. The molecule has 0 radical (unpaired) electrons. The summed E-state index contributed by atoms with van der Waals surface area (Å²) in [5.74, 6) is -1.18. The van der Waals surface area contributed by atoms with Crippen molar-refractivity contribution in [3.8, 4) is 5.75 Å². The van der Waals surface area contributed by atoms with Gasteiger partial charge in [-0.2, -0.15) is 0 Å². The van der Waals surface area contributed by atoms with Gasteiger partial charge in [-0.15, -0.1) is 0 Å². The van der Waals surface area contributed by atoms with E-state index in [4.69, 9.17) is 46.4 Å². The second-order valence-corrected chi connectivity index (χ2v) is 8.37. The normalized spacial score (nSPS) is 12.3. The summed E-state index contributed by atoms with van der Waals surface area (Å²) in [5, 5.41) is 12.8. The molecule has 0 aliphatic heterocycles. The van der Waals surface area contributed by atoms with E-state index >= 15 is 0 Å². The summed E-state index contributed by atoms with van der Waals surface area (Å²) in [7, 11) is 0. The van der Waals surface area contributed by atoms with Gasteiger partial charge in [-0.05, 0) is 29.8 Å². The highest BCUT2D eigenvalue weighted by Crippen LogP contribution is 2.43. The van der Waals surface area contributed by atoms with Crippen molar-refractivity contribution < 1.29 is 9.50 Å². The largest absolute Gasteiger partial charge is 0.505 e. The van der Waals surface area contributed by atoms with E-state index in [1.807, 2.05) is 12.1 Å². The fourth-order valence-corrected chi connectivity index (χ4v) is 4.32. The second-order valence-electron chi connectivity index (χ2n) is 6.71. The number of hydrogen-bond acceptors (Lipinski definition) is 3. The number of pyridine rings is 2. The lowest BCUT2D eigenvalue weighted by atomic mass is 9.86. The van der Waals surface area contributed by atoms with E-state index in [0.717, 1.165) is 5.39 Å². The topological polar surface area (TPSA) is 46.0 Å². The maximum atomic E-state index is 14.5. The van der Waals surface area contributed by atoms with E-state index in [-0.39, 0.29) is 32.9 Å². The number of benzene rings is 2. The molecule has 2 aromatic heterocycles. The number of nitrogens with zero attached hydrogens (tertiary/aromatic N) is 2. The van der Waals surface area contributed by atoms with E-state index in [2.05, 4.69) is 9.97 Å². The maximum absolute atomic E-state index is 14.5. The van der Waals surface area contributed by atoms with Crippen LogP contribution in [-0.4, -0.2) is 15.1 Å². The molecular formula is C22H13Cl4FN2O. The molecule has 0 fully saturated rings. The Kier molecular flexibility index (Phi) is 6.03. The molecule has 1 atom stereocenters. The molecule has 0 saturated heterocycles. The quantitative estimate of drug-likeness (QED) is 0.307. The number of rotatable bonds is 4. The van der Waals surface area contributed by atoms with Crippen molar-refractivity contribution in [2.75, 3.05) is 0 Å². The van der Waals surface area contributed by atoms with Crippen molar-refractivity contribution in [2.24, 2.45) is 0 Å². The number of halogens is 5. The van der Waals surface area contributed by atoms with Crippen LogP contribution in [0, 0.1) is 5.82 Å². The molecule has 8 heteroatoms. The highest BCUT2D eigenvalue weighted by molar-refractivity contribution is 6.43. The fourth-order valence-electron chi connectivity index (χ4n) is 3.43. The van der Waals surface area contributed by atoms with Crippen LogP contribution in [0.1, 0.15) is 22.7 Å². The van der Waals surface area contributed by atoms with Gasteiger partial charge in [0.15, 0.2) is 0 Å². The molecule has 0 amide bonds. The van der Waals surface area contributed by atoms with Crippen molar-refractivity contribution in [1.29, 1.82) is 0 Å². The molecule has 0 bridgehead atoms. The van der Waals surface area contributed by atoms with Crippen LogP contribution in [0.15, 0.2) is 54.9 Å². The first-order valence-electron chi connectivity index (χ1n) is 8.86. The minimum Gasteiger partial charge on any atom is -0.505 e. The molecular weight excluding hydrogens is 469 g/mol. The summed E-state index contributed by atoms with van der Waals surface area (Å²) < 4.78 is 14.5. The summed E-state index contributed by atoms with van der Waals surface area (Å²) in [6, 6.07) is 11.6. The molecule has 1 unspecified atom stereocenters. The van der Waals surface area contributed by atoms with Gasteiger partial charge < -0.3 is 5.11 Å². The first kappa shape index (κ1) is 21.1. The highest BCUT2D eigenvalue weighted by Gasteiger charge is 2.26. The van der Waals surface area contributed by atoms with Gasteiger partial charge in [-0.25, -0.2) is 4.39 Å². The number of phenols is 1. The number of aromatic hydroxyl groups is 1. The summed E-state index contributed by atoms with van der Waals surface area (Å²) in [6.45, 7) is 0. The van der Waals surface area contributed by atoms with E-state index in [1.165, 1.54) is 18.3 Å². The highest BCUT2D eigenvalue weighted by atomic mass is 35.5. The van der Waals surface area contributed by atoms with E-state index in [9.17, 15) is 9.50 Å². The Balaban J connectivity index is 1.93. The molecule has 3 nitrogen and oxygen atoms in total. The summed E-state index contributed by atoms with van der Waals surface area (Å²) in [6.07, 6.45) is 3.04. The van der Waals surface area contributed by atoms with Gasteiger partial charge in [0, 0.05) is 40.7 Å². The molecule has 0 spiro atoms. The van der Waals surface area contributed by atoms with Crippen molar-refractivity contribution in [1.82, 2.24) is 9.97 Å².